The molecule has 110 valence electrons. The van der Waals surface area contributed by atoms with E-state index in [-0.39, 0.29) is 6.04 Å². The summed E-state index contributed by atoms with van der Waals surface area (Å²) in [4.78, 5) is 0. The third-order valence-corrected chi connectivity index (χ3v) is 3.94. The standard InChI is InChI=1S/C17H17F2NO/c1-21-17-4-2-3-11(7-17)12-5-15(6-12)20-16-9-13(18)8-14(19)10-16/h2-4,7-10,12,15,20H,5-6H2,1H3. The third-order valence-electron chi connectivity index (χ3n) is 3.94. The molecule has 1 aliphatic carbocycles. The van der Waals surface area contributed by atoms with Gasteiger partial charge in [0.05, 0.1) is 7.11 Å². The lowest BCUT2D eigenvalue weighted by atomic mass is 9.76. The molecular formula is C17H17F2NO. The van der Waals surface area contributed by atoms with Crippen LogP contribution in [0.3, 0.4) is 0 Å². The zero-order valence-electron chi connectivity index (χ0n) is 11.8. The Labute approximate surface area is 122 Å². The van der Waals surface area contributed by atoms with Gasteiger partial charge in [0.15, 0.2) is 0 Å². The summed E-state index contributed by atoms with van der Waals surface area (Å²) < 4.78 is 31.5. The molecule has 0 amide bonds. The van der Waals surface area contributed by atoms with Crippen LogP contribution in [-0.2, 0) is 0 Å². The van der Waals surface area contributed by atoms with E-state index in [0.717, 1.165) is 24.7 Å². The number of anilines is 1. The molecule has 0 aromatic heterocycles. The van der Waals surface area contributed by atoms with Crippen LogP contribution in [0.1, 0.15) is 24.3 Å². The van der Waals surface area contributed by atoms with Crippen molar-refractivity contribution in [3.05, 3.63) is 59.7 Å². The summed E-state index contributed by atoms with van der Waals surface area (Å²) in [7, 11) is 1.66. The van der Waals surface area contributed by atoms with Gasteiger partial charge in [0.2, 0.25) is 0 Å². The van der Waals surface area contributed by atoms with Crippen molar-refractivity contribution in [2.75, 3.05) is 12.4 Å². The molecule has 0 heterocycles. The number of hydrogen-bond acceptors (Lipinski definition) is 2. The van der Waals surface area contributed by atoms with E-state index in [2.05, 4.69) is 11.4 Å². The van der Waals surface area contributed by atoms with E-state index in [1.165, 1.54) is 17.7 Å². The predicted molar refractivity (Wildman–Crippen MR) is 78.7 cm³/mol. The minimum Gasteiger partial charge on any atom is -0.497 e. The molecule has 4 heteroatoms. The summed E-state index contributed by atoms with van der Waals surface area (Å²) in [6.45, 7) is 0. The Morgan fingerprint density at radius 2 is 1.76 bits per heavy atom. The van der Waals surface area contributed by atoms with Crippen molar-refractivity contribution in [1.29, 1.82) is 0 Å². The number of methoxy groups -OCH3 is 1. The summed E-state index contributed by atoms with van der Waals surface area (Å²) in [5.74, 6) is 0.217. The third kappa shape index (κ3) is 3.15. The molecule has 0 atom stereocenters. The molecule has 1 N–H and O–H groups in total. The molecule has 3 rings (SSSR count). The molecule has 1 aliphatic rings. The summed E-state index contributed by atoms with van der Waals surface area (Å²) in [5.41, 5.74) is 1.75. The molecule has 21 heavy (non-hydrogen) atoms. The zero-order valence-corrected chi connectivity index (χ0v) is 11.8. The van der Waals surface area contributed by atoms with Gasteiger partial charge in [-0.25, -0.2) is 8.78 Å². The topological polar surface area (TPSA) is 21.3 Å². The van der Waals surface area contributed by atoms with Crippen LogP contribution in [0.5, 0.6) is 5.75 Å². The second-order valence-corrected chi connectivity index (χ2v) is 5.44. The van der Waals surface area contributed by atoms with Gasteiger partial charge in [0, 0.05) is 17.8 Å². The number of nitrogens with one attached hydrogen (secondary N) is 1. The normalized spacial score (nSPS) is 20.7. The Morgan fingerprint density at radius 3 is 2.43 bits per heavy atom. The van der Waals surface area contributed by atoms with E-state index in [0.29, 0.717) is 11.6 Å². The molecule has 2 aromatic carbocycles. The van der Waals surface area contributed by atoms with Crippen LogP contribution in [0.25, 0.3) is 0 Å². The summed E-state index contributed by atoms with van der Waals surface area (Å²) in [6.07, 6.45) is 1.90. The van der Waals surface area contributed by atoms with Crippen LogP contribution in [0.4, 0.5) is 14.5 Å². The highest BCUT2D eigenvalue weighted by Gasteiger charge is 2.30. The van der Waals surface area contributed by atoms with Crippen LogP contribution in [0.2, 0.25) is 0 Å². The predicted octanol–water partition coefficient (Wildman–Crippen LogP) is 4.33. The fourth-order valence-corrected chi connectivity index (χ4v) is 2.78. The zero-order chi connectivity index (χ0) is 14.8. The monoisotopic (exact) mass is 289 g/mol. The lowest BCUT2D eigenvalue weighted by Crippen LogP contribution is -2.34. The van der Waals surface area contributed by atoms with Gasteiger partial charge in [-0.3, -0.25) is 0 Å². The minimum absolute atomic E-state index is 0.252. The minimum atomic E-state index is -0.554. The van der Waals surface area contributed by atoms with Crippen LogP contribution < -0.4 is 10.1 Å². The van der Waals surface area contributed by atoms with Gasteiger partial charge in [-0.05, 0) is 48.6 Å². The molecule has 0 bridgehead atoms. The van der Waals surface area contributed by atoms with Crippen molar-refractivity contribution < 1.29 is 13.5 Å². The highest BCUT2D eigenvalue weighted by molar-refractivity contribution is 5.46. The Kier molecular flexibility index (Phi) is 3.78. The maximum Gasteiger partial charge on any atom is 0.128 e. The molecule has 0 aliphatic heterocycles. The lowest BCUT2D eigenvalue weighted by molar-refractivity contribution is 0.370. The smallest absolute Gasteiger partial charge is 0.128 e. The van der Waals surface area contributed by atoms with Gasteiger partial charge in [0.25, 0.3) is 0 Å². The Hall–Kier alpha value is -2.10. The van der Waals surface area contributed by atoms with E-state index in [4.69, 9.17) is 4.74 Å². The highest BCUT2D eigenvalue weighted by Crippen LogP contribution is 2.39. The Morgan fingerprint density at radius 1 is 1.05 bits per heavy atom. The molecule has 1 saturated carbocycles. The van der Waals surface area contributed by atoms with Gasteiger partial charge in [0.1, 0.15) is 17.4 Å². The quantitative estimate of drug-likeness (QED) is 0.904. The number of ether oxygens (including phenoxy) is 1. The first-order valence-electron chi connectivity index (χ1n) is 7.00. The largest absolute Gasteiger partial charge is 0.497 e. The first-order chi connectivity index (χ1) is 10.1. The molecule has 2 nitrogen and oxygen atoms in total. The molecule has 0 unspecified atom stereocenters. The van der Waals surface area contributed by atoms with Gasteiger partial charge in [-0.2, -0.15) is 0 Å². The van der Waals surface area contributed by atoms with Gasteiger partial charge < -0.3 is 10.1 Å². The van der Waals surface area contributed by atoms with E-state index in [9.17, 15) is 8.78 Å². The molecular weight excluding hydrogens is 272 g/mol. The van der Waals surface area contributed by atoms with E-state index < -0.39 is 11.6 Å². The van der Waals surface area contributed by atoms with Crippen LogP contribution in [0.15, 0.2) is 42.5 Å². The van der Waals surface area contributed by atoms with Gasteiger partial charge in [-0.15, -0.1) is 0 Å². The number of halogens is 2. The average Bonchev–Trinajstić information content (AvgIpc) is 2.41. The SMILES string of the molecule is COc1cccc(C2CC(Nc3cc(F)cc(F)c3)C2)c1. The maximum absolute atomic E-state index is 13.1. The summed E-state index contributed by atoms with van der Waals surface area (Å²) >= 11 is 0. The molecule has 1 fully saturated rings. The molecule has 0 spiro atoms. The van der Waals surface area contributed by atoms with E-state index in [1.807, 2.05) is 18.2 Å². The van der Waals surface area contributed by atoms with Crippen molar-refractivity contribution in [2.24, 2.45) is 0 Å². The van der Waals surface area contributed by atoms with E-state index in [1.54, 1.807) is 7.11 Å². The molecule has 0 radical (unpaired) electrons. The van der Waals surface area contributed by atoms with Crippen LogP contribution in [0, 0.1) is 11.6 Å². The van der Waals surface area contributed by atoms with Crippen molar-refractivity contribution in [3.63, 3.8) is 0 Å². The first kappa shape index (κ1) is 13.9. The molecule has 2 aromatic rings. The van der Waals surface area contributed by atoms with Gasteiger partial charge in [-0.1, -0.05) is 12.1 Å². The fraction of sp³-hybridized carbons (Fsp3) is 0.294. The average molecular weight is 289 g/mol. The number of hydrogen-bond donors (Lipinski definition) is 1. The second-order valence-electron chi connectivity index (χ2n) is 5.44. The van der Waals surface area contributed by atoms with Crippen molar-refractivity contribution >= 4 is 5.69 Å². The van der Waals surface area contributed by atoms with Crippen LogP contribution in [-0.4, -0.2) is 13.2 Å². The lowest BCUT2D eigenvalue weighted by Gasteiger charge is -2.37. The van der Waals surface area contributed by atoms with Crippen molar-refractivity contribution in [1.82, 2.24) is 0 Å². The van der Waals surface area contributed by atoms with E-state index >= 15 is 0 Å². The Bertz CT molecular complexity index is 618. The second kappa shape index (κ2) is 5.72. The van der Waals surface area contributed by atoms with Gasteiger partial charge >= 0.3 is 0 Å². The first-order valence-corrected chi connectivity index (χ1v) is 7.00. The summed E-state index contributed by atoms with van der Waals surface area (Å²) in [6, 6.07) is 11.8. The summed E-state index contributed by atoms with van der Waals surface area (Å²) in [5, 5.41) is 3.18. The van der Waals surface area contributed by atoms with Crippen molar-refractivity contribution in [3.8, 4) is 5.75 Å². The Balaban J connectivity index is 1.60. The number of benzene rings is 2. The van der Waals surface area contributed by atoms with Crippen LogP contribution >= 0.6 is 0 Å². The maximum atomic E-state index is 13.1. The highest BCUT2D eigenvalue weighted by atomic mass is 19.1. The number of rotatable bonds is 4. The van der Waals surface area contributed by atoms with Crippen molar-refractivity contribution in [2.45, 2.75) is 24.8 Å². The molecule has 0 saturated heterocycles. The fourth-order valence-electron chi connectivity index (χ4n) is 2.78.